The molecule has 2 aromatic heterocycles. The van der Waals surface area contributed by atoms with Crippen molar-refractivity contribution < 1.29 is 0 Å². The van der Waals surface area contributed by atoms with E-state index in [9.17, 15) is 0 Å². The van der Waals surface area contributed by atoms with Crippen LogP contribution in [0.15, 0.2) is 18.6 Å². The second kappa shape index (κ2) is 4.13. The van der Waals surface area contributed by atoms with Gasteiger partial charge in [0.1, 0.15) is 5.82 Å². The van der Waals surface area contributed by atoms with Crippen molar-refractivity contribution in [2.24, 2.45) is 0 Å². The summed E-state index contributed by atoms with van der Waals surface area (Å²) < 4.78 is 1.93. The van der Waals surface area contributed by atoms with E-state index in [0.29, 0.717) is 11.9 Å². The Balaban J connectivity index is 2.01. The maximum Gasteiger partial charge on any atom is 0.180 e. The van der Waals surface area contributed by atoms with Crippen LogP contribution in [0.5, 0.6) is 0 Å². The Kier molecular flexibility index (Phi) is 2.59. The van der Waals surface area contributed by atoms with Gasteiger partial charge in [-0.05, 0) is 14.0 Å². The van der Waals surface area contributed by atoms with Crippen LogP contribution in [0.4, 0.5) is 11.6 Å². The molecule has 18 heavy (non-hydrogen) atoms. The number of rotatable bonds is 1. The molecule has 0 amide bonds. The lowest BCUT2D eigenvalue weighted by Gasteiger charge is -2.38. The Morgan fingerprint density at radius 2 is 2.22 bits per heavy atom. The van der Waals surface area contributed by atoms with E-state index in [1.165, 1.54) is 0 Å². The number of likely N-dealkylation sites (N-methyl/N-ethyl adjacent to an activating group) is 1. The topological polar surface area (TPSA) is 62.7 Å². The highest BCUT2D eigenvalue weighted by atomic mass is 15.3. The van der Waals surface area contributed by atoms with Crippen LogP contribution in [0.1, 0.15) is 6.92 Å². The zero-order valence-corrected chi connectivity index (χ0v) is 10.7. The highest BCUT2D eigenvalue weighted by Crippen LogP contribution is 2.22. The second-order valence-corrected chi connectivity index (χ2v) is 4.92. The average Bonchev–Trinajstić information content (AvgIpc) is 2.79. The summed E-state index contributed by atoms with van der Waals surface area (Å²) in [5.74, 6) is 1.42. The fourth-order valence-corrected chi connectivity index (χ4v) is 2.39. The molecular weight excluding hydrogens is 228 g/mol. The van der Waals surface area contributed by atoms with Gasteiger partial charge in [-0.15, -0.1) is 0 Å². The van der Waals surface area contributed by atoms with Gasteiger partial charge >= 0.3 is 0 Å². The molecular formula is C12H18N6. The van der Waals surface area contributed by atoms with Gasteiger partial charge < -0.3 is 19.9 Å². The molecule has 3 rings (SSSR count). The van der Waals surface area contributed by atoms with E-state index in [4.69, 9.17) is 5.73 Å². The van der Waals surface area contributed by atoms with Gasteiger partial charge in [0.2, 0.25) is 0 Å². The molecule has 1 aliphatic rings. The molecule has 0 saturated carbocycles. The Hall–Kier alpha value is -1.82. The molecule has 6 heteroatoms. The van der Waals surface area contributed by atoms with Crippen LogP contribution < -0.4 is 10.6 Å². The lowest BCUT2D eigenvalue weighted by molar-refractivity contribution is 0.233. The maximum absolute atomic E-state index is 5.86. The first-order valence-electron chi connectivity index (χ1n) is 6.19. The Morgan fingerprint density at radius 1 is 1.39 bits per heavy atom. The molecule has 1 saturated heterocycles. The van der Waals surface area contributed by atoms with E-state index in [-0.39, 0.29) is 0 Å². The molecule has 0 aromatic carbocycles. The predicted molar refractivity (Wildman–Crippen MR) is 71.7 cm³/mol. The Labute approximate surface area is 106 Å². The van der Waals surface area contributed by atoms with Crippen LogP contribution in [-0.2, 0) is 0 Å². The summed E-state index contributed by atoms with van der Waals surface area (Å²) >= 11 is 0. The first kappa shape index (κ1) is 11.3. The van der Waals surface area contributed by atoms with E-state index >= 15 is 0 Å². The monoisotopic (exact) mass is 246 g/mol. The van der Waals surface area contributed by atoms with E-state index in [1.54, 1.807) is 12.4 Å². The van der Waals surface area contributed by atoms with E-state index < -0.39 is 0 Å². The van der Waals surface area contributed by atoms with Crippen LogP contribution >= 0.6 is 0 Å². The molecule has 2 N–H and O–H groups in total. The second-order valence-electron chi connectivity index (χ2n) is 4.92. The van der Waals surface area contributed by atoms with Crippen molar-refractivity contribution in [1.82, 2.24) is 19.3 Å². The van der Waals surface area contributed by atoms with Crippen molar-refractivity contribution in [3.63, 3.8) is 0 Å². The summed E-state index contributed by atoms with van der Waals surface area (Å²) in [5.41, 5.74) is 6.73. The summed E-state index contributed by atoms with van der Waals surface area (Å²) in [4.78, 5) is 13.4. The number of nitrogens with zero attached hydrogens (tertiary/aromatic N) is 5. The quantitative estimate of drug-likeness (QED) is 0.791. The molecule has 0 bridgehead atoms. The number of aromatic nitrogens is 3. The normalized spacial score (nSPS) is 21.7. The summed E-state index contributed by atoms with van der Waals surface area (Å²) in [7, 11) is 2.15. The molecule has 2 aromatic rings. The predicted octanol–water partition coefficient (Wildman–Crippen LogP) is 0.452. The number of fused-ring (bicyclic) bond motifs is 1. The van der Waals surface area contributed by atoms with Crippen LogP contribution in [0.25, 0.3) is 5.65 Å². The lowest BCUT2D eigenvalue weighted by atomic mass is 10.2. The zero-order chi connectivity index (χ0) is 12.7. The minimum atomic E-state index is 0.511. The third-order valence-electron chi connectivity index (χ3n) is 3.63. The molecule has 0 spiro atoms. The summed E-state index contributed by atoms with van der Waals surface area (Å²) in [6, 6.07) is 0.511. The SMILES string of the molecule is CC1CN(c2nc(N)cn3ccnc23)CCN1C. The van der Waals surface area contributed by atoms with Crippen molar-refractivity contribution in [1.29, 1.82) is 0 Å². The van der Waals surface area contributed by atoms with Crippen molar-refractivity contribution in [3.8, 4) is 0 Å². The van der Waals surface area contributed by atoms with Crippen molar-refractivity contribution in [2.45, 2.75) is 13.0 Å². The van der Waals surface area contributed by atoms with Gasteiger partial charge in [0.15, 0.2) is 11.5 Å². The number of nitrogen functional groups attached to an aromatic ring is 1. The highest BCUT2D eigenvalue weighted by molar-refractivity contribution is 5.66. The molecule has 96 valence electrons. The lowest BCUT2D eigenvalue weighted by Crippen LogP contribution is -2.50. The first-order chi connectivity index (χ1) is 8.65. The Bertz CT molecular complexity index is 563. The standard InChI is InChI=1S/C12H18N6/c1-9-7-18(6-5-16(9)2)12-11-14-3-4-17(11)8-10(13)15-12/h3-4,8-9H,5-7,13H2,1-2H3. The molecule has 1 fully saturated rings. The van der Waals surface area contributed by atoms with Gasteiger partial charge in [-0.3, -0.25) is 0 Å². The third-order valence-corrected chi connectivity index (χ3v) is 3.63. The molecule has 0 aliphatic carbocycles. The number of hydrogen-bond donors (Lipinski definition) is 1. The van der Waals surface area contributed by atoms with E-state index in [1.807, 2.05) is 10.6 Å². The van der Waals surface area contributed by atoms with Crippen molar-refractivity contribution in [3.05, 3.63) is 18.6 Å². The molecule has 1 aliphatic heterocycles. The summed E-state index contributed by atoms with van der Waals surface area (Å²) in [6.07, 6.45) is 5.47. The fraction of sp³-hybridized carbons (Fsp3) is 0.500. The highest BCUT2D eigenvalue weighted by Gasteiger charge is 2.23. The van der Waals surface area contributed by atoms with Crippen LogP contribution in [0.2, 0.25) is 0 Å². The molecule has 6 nitrogen and oxygen atoms in total. The smallest absolute Gasteiger partial charge is 0.180 e. The zero-order valence-electron chi connectivity index (χ0n) is 10.7. The fourth-order valence-electron chi connectivity index (χ4n) is 2.39. The van der Waals surface area contributed by atoms with Crippen LogP contribution in [0, 0.1) is 0 Å². The van der Waals surface area contributed by atoms with Crippen molar-refractivity contribution in [2.75, 3.05) is 37.3 Å². The summed E-state index contributed by atoms with van der Waals surface area (Å²) in [5, 5.41) is 0. The maximum atomic E-state index is 5.86. The van der Waals surface area contributed by atoms with Crippen LogP contribution in [0.3, 0.4) is 0 Å². The van der Waals surface area contributed by atoms with Crippen LogP contribution in [-0.4, -0.2) is 52.0 Å². The minimum absolute atomic E-state index is 0.511. The number of nitrogens with two attached hydrogens (primary N) is 1. The Morgan fingerprint density at radius 3 is 3.00 bits per heavy atom. The van der Waals surface area contributed by atoms with Gasteiger partial charge in [0, 0.05) is 38.1 Å². The molecule has 1 atom stereocenters. The minimum Gasteiger partial charge on any atom is -0.382 e. The largest absolute Gasteiger partial charge is 0.382 e. The van der Waals surface area contributed by atoms with E-state index in [0.717, 1.165) is 31.1 Å². The van der Waals surface area contributed by atoms with Gasteiger partial charge in [-0.2, -0.15) is 0 Å². The first-order valence-corrected chi connectivity index (χ1v) is 6.19. The third kappa shape index (κ3) is 1.78. The molecule has 3 heterocycles. The van der Waals surface area contributed by atoms with Crippen molar-refractivity contribution >= 4 is 17.3 Å². The summed E-state index contributed by atoms with van der Waals surface area (Å²) in [6.45, 7) is 5.17. The van der Waals surface area contributed by atoms with Gasteiger partial charge in [-0.1, -0.05) is 0 Å². The number of piperazine rings is 1. The number of anilines is 2. The average molecular weight is 246 g/mol. The number of imidazole rings is 1. The number of hydrogen-bond acceptors (Lipinski definition) is 5. The molecule has 1 unspecified atom stereocenters. The van der Waals surface area contributed by atoms with E-state index in [2.05, 4.69) is 33.7 Å². The molecule has 0 radical (unpaired) electrons. The van der Waals surface area contributed by atoms with Gasteiger partial charge in [-0.25, -0.2) is 9.97 Å². The van der Waals surface area contributed by atoms with Gasteiger partial charge in [0.05, 0.1) is 6.20 Å². The van der Waals surface area contributed by atoms with Gasteiger partial charge in [0.25, 0.3) is 0 Å².